The maximum Gasteiger partial charge on any atom is 0.335 e. The zero-order chi connectivity index (χ0) is 19.5. The molecule has 6 heteroatoms. The second-order valence-corrected chi connectivity index (χ2v) is 7.50. The average Bonchev–Trinajstić information content (AvgIpc) is 3.06. The number of imidazole rings is 1. The molecule has 2 aromatic carbocycles. The third-order valence-corrected chi connectivity index (χ3v) is 5.72. The number of carbonyl (C=O) groups is 1. The minimum Gasteiger partial charge on any atom is -0.478 e. The molecule has 1 N–H and O–H groups in total. The lowest BCUT2D eigenvalue weighted by molar-refractivity contribution is 0.0697. The lowest BCUT2D eigenvalue weighted by atomic mass is 10.1. The van der Waals surface area contributed by atoms with Crippen molar-refractivity contribution in [3.8, 4) is 0 Å². The van der Waals surface area contributed by atoms with Crippen molar-refractivity contribution < 1.29 is 9.90 Å². The average molecular weight is 389 g/mol. The first kappa shape index (κ1) is 18.3. The quantitative estimate of drug-likeness (QED) is 0.481. The lowest BCUT2D eigenvalue weighted by Crippen LogP contribution is -2.03. The SMILES string of the molecule is Cc1ccccc1Cn1c(SCc2ccc(C(=O)O)cc2)nc2ccncc21. The third kappa shape index (κ3) is 3.77. The number of aryl methyl sites for hydroxylation is 1. The van der Waals surface area contributed by atoms with Gasteiger partial charge < -0.3 is 9.67 Å². The van der Waals surface area contributed by atoms with Crippen LogP contribution in [-0.4, -0.2) is 25.6 Å². The van der Waals surface area contributed by atoms with Crippen LogP contribution in [0.1, 0.15) is 27.0 Å². The molecule has 0 unspecified atom stereocenters. The van der Waals surface area contributed by atoms with Crippen LogP contribution in [-0.2, 0) is 12.3 Å². The molecule has 0 saturated heterocycles. The molecule has 0 aliphatic carbocycles. The Morgan fingerprint density at radius 2 is 1.89 bits per heavy atom. The number of hydrogen-bond donors (Lipinski definition) is 1. The van der Waals surface area contributed by atoms with Gasteiger partial charge in [-0.15, -0.1) is 0 Å². The van der Waals surface area contributed by atoms with Crippen molar-refractivity contribution in [2.75, 3.05) is 0 Å². The third-order valence-electron chi connectivity index (χ3n) is 4.67. The Balaban J connectivity index is 1.63. The Morgan fingerprint density at radius 3 is 2.64 bits per heavy atom. The molecule has 5 nitrogen and oxygen atoms in total. The second kappa shape index (κ2) is 7.86. The molecule has 28 heavy (non-hydrogen) atoms. The molecule has 4 rings (SSSR count). The van der Waals surface area contributed by atoms with Crippen LogP contribution < -0.4 is 0 Å². The van der Waals surface area contributed by atoms with E-state index in [4.69, 9.17) is 10.1 Å². The van der Waals surface area contributed by atoms with E-state index in [9.17, 15) is 4.79 Å². The summed E-state index contributed by atoms with van der Waals surface area (Å²) in [6, 6.07) is 17.3. The lowest BCUT2D eigenvalue weighted by Gasteiger charge is -2.11. The van der Waals surface area contributed by atoms with E-state index in [0.717, 1.165) is 28.3 Å². The van der Waals surface area contributed by atoms with E-state index in [1.807, 2.05) is 30.5 Å². The fourth-order valence-electron chi connectivity index (χ4n) is 3.06. The van der Waals surface area contributed by atoms with Gasteiger partial charge in [0.25, 0.3) is 0 Å². The summed E-state index contributed by atoms with van der Waals surface area (Å²) in [5.41, 5.74) is 5.78. The summed E-state index contributed by atoms with van der Waals surface area (Å²) in [5, 5.41) is 9.96. The number of pyridine rings is 1. The Labute approximate surface area is 167 Å². The summed E-state index contributed by atoms with van der Waals surface area (Å²) in [7, 11) is 0. The van der Waals surface area contributed by atoms with E-state index >= 15 is 0 Å². The van der Waals surface area contributed by atoms with E-state index in [1.54, 1.807) is 30.1 Å². The number of rotatable bonds is 6. The van der Waals surface area contributed by atoms with Crippen LogP contribution in [0.2, 0.25) is 0 Å². The predicted octanol–water partition coefficient (Wildman–Crippen LogP) is 4.78. The van der Waals surface area contributed by atoms with Crippen LogP contribution in [0.4, 0.5) is 0 Å². The van der Waals surface area contributed by atoms with Gasteiger partial charge in [-0.25, -0.2) is 9.78 Å². The van der Waals surface area contributed by atoms with Crippen molar-refractivity contribution in [2.45, 2.75) is 24.4 Å². The van der Waals surface area contributed by atoms with Gasteiger partial charge >= 0.3 is 5.97 Å². The first-order valence-electron chi connectivity index (χ1n) is 8.91. The molecular formula is C22H19N3O2S. The monoisotopic (exact) mass is 389 g/mol. The van der Waals surface area contributed by atoms with Gasteiger partial charge in [-0.2, -0.15) is 0 Å². The highest BCUT2D eigenvalue weighted by Crippen LogP contribution is 2.28. The van der Waals surface area contributed by atoms with E-state index in [-0.39, 0.29) is 0 Å². The molecule has 0 amide bonds. The highest BCUT2D eigenvalue weighted by Gasteiger charge is 2.13. The van der Waals surface area contributed by atoms with Gasteiger partial charge in [0.15, 0.2) is 5.16 Å². The number of fused-ring (bicyclic) bond motifs is 1. The van der Waals surface area contributed by atoms with Crippen LogP contribution in [0, 0.1) is 6.92 Å². The van der Waals surface area contributed by atoms with E-state index < -0.39 is 5.97 Å². The first-order valence-corrected chi connectivity index (χ1v) is 9.90. The van der Waals surface area contributed by atoms with Gasteiger partial charge in [0, 0.05) is 11.9 Å². The molecule has 4 aromatic rings. The van der Waals surface area contributed by atoms with E-state index in [1.165, 1.54) is 11.1 Å². The number of aromatic carboxylic acids is 1. The fraction of sp³-hybridized carbons (Fsp3) is 0.136. The highest BCUT2D eigenvalue weighted by atomic mass is 32.2. The largest absolute Gasteiger partial charge is 0.478 e. The van der Waals surface area contributed by atoms with Gasteiger partial charge in [0.1, 0.15) is 0 Å². The Kier molecular flexibility index (Phi) is 5.12. The maximum absolute atomic E-state index is 11.0. The molecule has 2 aromatic heterocycles. The molecule has 0 aliphatic heterocycles. The minimum absolute atomic E-state index is 0.298. The number of nitrogens with zero attached hydrogens (tertiary/aromatic N) is 3. The summed E-state index contributed by atoms with van der Waals surface area (Å²) in [6.07, 6.45) is 3.61. The molecule has 0 aliphatic rings. The standard InChI is InChI=1S/C22H19N3O2S/c1-15-4-2-3-5-18(15)13-25-20-12-23-11-10-19(20)24-22(25)28-14-16-6-8-17(9-7-16)21(26)27/h2-12H,13-14H2,1H3,(H,26,27). The number of carboxylic acid groups (broad SMARTS) is 1. The van der Waals surface area contributed by atoms with Crippen LogP contribution in [0.3, 0.4) is 0 Å². The predicted molar refractivity (Wildman–Crippen MR) is 111 cm³/mol. The van der Waals surface area contributed by atoms with Gasteiger partial charge in [-0.1, -0.05) is 48.2 Å². The van der Waals surface area contributed by atoms with Crippen LogP contribution in [0.5, 0.6) is 0 Å². The summed E-state index contributed by atoms with van der Waals surface area (Å²) in [5.74, 6) is -0.198. The molecule has 2 heterocycles. The molecular weight excluding hydrogens is 370 g/mol. The zero-order valence-electron chi connectivity index (χ0n) is 15.4. The molecule has 0 saturated carbocycles. The Hall–Kier alpha value is -3.12. The first-order chi connectivity index (χ1) is 13.6. The number of thioether (sulfide) groups is 1. The molecule has 0 spiro atoms. The zero-order valence-corrected chi connectivity index (χ0v) is 16.2. The number of hydrogen-bond acceptors (Lipinski definition) is 4. The summed E-state index contributed by atoms with van der Waals surface area (Å²) < 4.78 is 2.20. The van der Waals surface area contributed by atoms with Gasteiger partial charge in [-0.3, -0.25) is 4.98 Å². The van der Waals surface area contributed by atoms with Crippen molar-refractivity contribution in [1.82, 2.24) is 14.5 Å². The van der Waals surface area contributed by atoms with Crippen molar-refractivity contribution in [2.24, 2.45) is 0 Å². The second-order valence-electron chi connectivity index (χ2n) is 6.56. The maximum atomic E-state index is 11.0. The van der Waals surface area contributed by atoms with Gasteiger partial charge in [-0.05, 0) is 41.8 Å². The van der Waals surface area contributed by atoms with Crippen molar-refractivity contribution in [1.29, 1.82) is 0 Å². The number of benzene rings is 2. The summed E-state index contributed by atoms with van der Waals surface area (Å²) in [4.78, 5) is 20.1. The highest BCUT2D eigenvalue weighted by molar-refractivity contribution is 7.98. The molecule has 0 radical (unpaired) electrons. The van der Waals surface area contributed by atoms with E-state index in [2.05, 4.69) is 34.7 Å². The van der Waals surface area contributed by atoms with Crippen molar-refractivity contribution in [3.05, 3.63) is 89.2 Å². The summed E-state index contributed by atoms with van der Waals surface area (Å²) >= 11 is 1.64. The van der Waals surface area contributed by atoms with Gasteiger partial charge in [0.05, 0.1) is 29.3 Å². The smallest absolute Gasteiger partial charge is 0.335 e. The Bertz CT molecular complexity index is 1140. The number of carboxylic acids is 1. The summed E-state index contributed by atoms with van der Waals surface area (Å²) in [6.45, 7) is 2.85. The van der Waals surface area contributed by atoms with Crippen LogP contribution in [0.15, 0.2) is 72.1 Å². The van der Waals surface area contributed by atoms with Crippen molar-refractivity contribution >= 4 is 28.8 Å². The molecule has 0 fully saturated rings. The molecule has 0 bridgehead atoms. The van der Waals surface area contributed by atoms with Crippen LogP contribution >= 0.6 is 11.8 Å². The Morgan fingerprint density at radius 1 is 1.11 bits per heavy atom. The van der Waals surface area contributed by atoms with Gasteiger partial charge in [0.2, 0.25) is 0 Å². The minimum atomic E-state index is -0.910. The van der Waals surface area contributed by atoms with Crippen molar-refractivity contribution in [3.63, 3.8) is 0 Å². The normalized spacial score (nSPS) is 11.0. The van der Waals surface area contributed by atoms with Crippen LogP contribution in [0.25, 0.3) is 11.0 Å². The van der Waals surface area contributed by atoms with E-state index in [0.29, 0.717) is 11.3 Å². The molecule has 140 valence electrons. The molecule has 0 atom stereocenters. The number of aromatic nitrogens is 3. The topological polar surface area (TPSA) is 68.0 Å². The fourth-order valence-corrected chi connectivity index (χ4v) is 4.03.